The standard InChI is InChI=1S/C32H29ClFNO7/c1-19(17-25(36)29-30(37)27(39-3)15-16-35-29)32(38)40-20(2)31(42-26-12-8-7-11-24(26)33)23-14-13-21(34)18-28(23)41-22-9-5-4-6-10-22/h4-16,18-20,31,37H,17H2,1-3H3/t19-,20+,31+/m1/s1. The molecule has 8 nitrogen and oxygen atoms in total. The Morgan fingerprint density at radius 2 is 1.67 bits per heavy atom. The van der Waals surface area contributed by atoms with Crippen LogP contribution in [-0.2, 0) is 9.53 Å². The van der Waals surface area contributed by atoms with E-state index in [4.69, 9.17) is 30.5 Å². The lowest BCUT2D eigenvalue weighted by molar-refractivity contribution is -0.157. The molecule has 0 amide bonds. The summed E-state index contributed by atoms with van der Waals surface area (Å²) in [4.78, 5) is 29.9. The second-order valence-electron chi connectivity index (χ2n) is 9.45. The Kier molecular flexibility index (Phi) is 9.98. The number of aromatic hydroxyl groups is 1. The maximum atomic E-state index is 14.4. The molecule has 0 aliphatic carbocycles. The minimum atomic E-state index is -0.986. The third-order valence-corrected chi connectivity index (χ3v) is 6.65. The molecule has 1 N–H and O–H groups in total. The minimum absolute atomic E-state index is 0.0876. The van der Waals surface area contributed by atoms with Crippen LogP contribution in [0.3, 0.4) is 0 Å². The van der Waals surface area contributed by atoms with Gasteiger partial charge < -0.3 is 24.1 Å². The summed E-state index contributed by atoms with van der Waals surface area (Å²) in [5.74, 6) is -2.09. The third-order valence-electron chi connectivity index (χ3n) is 6.34. The molecular weight excluding hydrogens is 565 g/mol. The molecule has 0 fully saturated rings. The molecule has 0 spiro atoms. The molecule has 0 radical (unpaired) electrons. The molecule has 10 heteroatoms. The molecule has 3 atom stereocenters. The molecule has 0 aliphatic rings. The van der Waals surface area contributed by atoms with Crippen molar-refractivity contribution in [3.63, 3.8) is 0 Å². The maximum Gasteiger partial charge on any atom is 0.309 e. The fraction of sp³-hybridized carbons (Fsp3) is 0.219. The highest BCUT2D eigenvalue weighted by molar-refractivity contribution is 6.32. The second-order valence-corrected chi connectivity index (χ2v) is 9.85. The van der Waals surface area contributed by atoms with Crippen molar-refractivity contribution in [1.82, 2.24) is 4.98 Å². The fourth-order valence-electron chi connectivity index (χ4n) is 4.16. The van der Waals surface area contributed by atoms with Crippen molar-refractivity contribution in [2.24, 2.45) is 5.92 Å². The first kappa shape index (κ1) is 30.3. The van der Waals surface area contributed by atoms with Crippen molar-refractivity contribution in [3.8, 4) is 28.7 Å². The van der Waals surface area contributed by atoms with Crippen molar-refractivity contribution < 1.29 is 38.0 Å². The van der Waals surface area contributed by atoms with Gasteiger partial charge in [0.15, 0.2) is 29.1 Å². The van der Waals surface area contributed by atoms with Gasteiger partial charge in [0.1, 0.15) is 29.2 Å². The van der Waals surface area contributed by atoms with Gasteiger partial charge in [0.05, 0.1) is 18.1 Å². The van der Waals surface area contributed by atoms with E-state index in [-0.39, 0.29) is 23.6 Å². The molecule has 1 aromatic heterocycles. The van der Waals surface area contributed by atoms with Gasteiger partial charge in [-0.3, -0.25) is 9.59 Å². The van der Waals surface area contributed by atoms with Crippen molar-refractivity contribution in [3.05, 3.63) is 107 Å². The monoisotopic (exact) mass is 593 g/mol. The average molecular weight is 594 g/mol. The van der Waals surface area contributed by atoms with Crippen LogP contribution in [-0.4, -0.2) is 35.1 Å². The van der Waals surface area contributed by atoms with E-state index in [1.165, 1.54) is 44.5 Å². The van der Waals surface area contributed by atoms with E-state index in [0.29, 0.717) is 22.1 Å². The summed E-state index contributed by atoms with van der Waals surface area (Å²) in [6, 6.07) is 21.0. The number of carbonyl (C=O) groups is 2. The Balaban J connectivity index is 1.59. The lowest BCUT2D eigenvalue weighted by Crippen LogP contribution is -2.30. The van der Waals surface area contributed by atoms with Crippen molar-refractivity contribution in [2.45, 2.75) is 32.5 Å². The summed E-state index contributed by atoms with van der Waals surface area (Å²) in [5.41, 5.74) is 0.186. The zero-order chi connectivity index (χ0) is 30.2. The van der Waals surface area contributed by atoms with Gasteiger partial charge in [-0.15, -0.1) is 0 Å². The van der Waals surface area contributed by atoms with Gasteiger partial charge in [0.25, 0.3) is 0 Å². The summed E-state index contributed by atoms with van der Waals surface area (Å²) in [7, 11) is 1.35. The van der Waals surface area contributed by atoms with Crippen LogP contribution in [0.5, 0.6) is 28.7 Å². The van der Waals surface area contributed by atoms with Gasteiger partial charge in [0.2, 0.25) is 0 Å². The number of carbonyl (C=O) groups excluding carboxylic acids is 2. The predicted octanol–water partition coefficient (Wildman–Crippen LogP) is 7.34. The molecule has 0 bridgehead atoms. The maximum absolute atomic E-state index is 14.4. The Bertz CT molecular complexity index is 1550. The van der Waals surface area contributed by atoms with Crippen molar-refractivity contribution in [1.29, 1.82) is 0 Å². The van der Waals surface area contributed by atoms with Gasteiger partial charge >= 0.3 is 5.97 Å². The second kappa shape index (κ2) is 13.8. The number of Topliss-reactive ketones (excluding diaryl/α,β-unsaturated/α-hetero) is 1. The smallest absolute Gasteiger partial charge is 0.309 e. The molecule has 1 heterocycles. The number of halogens is 2. The van der Waals surface area contributed by atoms with Crippen LogP contribution in [0.4, 0.5) is 4.39 Å². The zero-order valence-corrected chi connectivity index (χ0v) is 23.9. The molecule has 0 aliphatic heterocycles. The number of methoxy groups -OCH3 is 1. The highest BCUT2D eigenvalue weighted by Crippen LogP contribution is 2.38. The summed E-state index contributed by atoms with van der Waals surface area (Å²) in [6.07, 6.45) is -0.891. The number of hydrogen-bond donors (Lipinski definition) is 1. The SMILES string of the molecule is COc1ccnc(C(=O)C[C@@H](C)C(=O)O[C@@H](C)[C@H](Oc2ccccc2Cl)c2ccc(F)cc2Oc2ccccc2)c1O. The number of aromatic nitrogens is 1. The fourth-order valence-corrected chi connectivity index (χ4v) is 4.34. The van der Waals surface area contributed by atoms with Gasteiger partial charge in [-0.1, -0.05) is 48.9 Å². The van der Waals surface area contributed by atoms with E-state index >= 15 is 0 Å². The molecule has 0 unspecified atom stereocenters. The number of benzene rings is 3. The molecule has 4 rings (SSSR count). The summed E-state index contributed by atoms with van der Waals surface area (Å²) < 4.78 is 37.4. The van der Waals surface area contributed by atoms with E-state index in [2.05, 4.69) is 4.98 Å². The molecular formula is C32H29ClFNO7. The normalized spacial score (nSPS) is 13.0. The number of para-hydroxylation sites is 2. The van der Waals surface area contributed by atoms with Gasteiger partial charge in [-0.25, -0.2) is 9.37 Å². The highest BCUT2D eigenvalue weighted by atomic mass is 35.5. The number of ketones is 1. The number of rotatable bonds is 12. The van der Waals surface area contributed by atoms with Gasteiger partial charge in [0, 0.05) is 30.3 Å². The van der Waals surface area contributed by atoms with Crippen molar-refractivity contribution >= 4 is 23.4 Å². The van der Waals surface area contributed by atoms with E-state index in [0.717, 1.165) is 0 Å². The summed E-state index contributed by atoms with van der Waals surface area (Å²) in [6.45, 7) is 3.13. The zero-order valence-electron chi connectivity index (χ0n) is 23.1. The first-order valence-corrected chi connectivity index (χ1v) is 13.4. The van der Waals surface area contributed by atoms with Crippen LogP contribution < -0.4 is 14.2 Å². The first-order chi connectivity index (χ1) is 20.2. The van der Waals surface area contributed by atoms with E-state index in [1.54, 1.807) is 55.5 Å². The first-order valence-electron chi connectivity index (χ1n) is 13.1. The van der Waals surface area contributed by atoms with E-state index in [1.807, 2.05) is 6.07 Å². The van der Waals surface area contributed by atoms with Gasteiger partial charge in [-0.2, -0.15) is 0 Å². The van der Waals surface area contributed by atoms with Crippen LogP contribution in [0, 0.1) is 11.7 Å². The number of pyridine rings is 1. The lowest BCUT2D eigenvalue weighted by Gasteiger charge is -2.28. The molecule has 42 heavy (non-hydrogen) atoms. The van der Waals surface area contributed by atoms with E-state index < -0.39 is 41.4 Å². The summed E-state index contributed by atoms with van der Waals surface area (Å²) in [5, 5.41) is 10.6. The minimum Gasteiger partial charge on any atom is -0.503 e. The Morgan fingerprint density at radius 3 is 2.38 bits per heavy atom. The van der Waals surface area contributed by atoms with Crippen LogP contribution >= 0.6 is 11.6 Å². The molecule has 218 valence electrons. The van der Waals surface area contributed by atoms with Crippen molar-refractivity contribution in [2.75, 3.05) is 7.11 Å². The predicted molar refractivity (Wildman–Crippen MR) is 154 cm³/mol. The molecule has 0 saturated heterocycles. The number of ether oxygens (including phenoxy) is 4. The Labute approximate surface area is 247 Å². The average Bonchev–Trinajstić information content (AvgIpc) is 2.97. The third kappa shape index (κ3) is 7.36. The van der Waals surface area contributed by atoms with Gasteiger partial charge in [-0.05, 0) is 43.3 Å². The molecule has 3 aromatic carbocycles. The molecule has 4 aromatic rings. The summed E-state index contributed by atoms with van der Waals surface area (Å²) >= 11 is 6.36. The number of hydrogen-bond acceptors (Lipinski definition) is 8. The van der Waals surface area contributed by atoms with Crippen LogP contribution in [0.2, 0.25) is 5.02 Å². The molecule has 0 saturated carbocycles. The topological polar surface area (TPSA) is 104 Å². The van der Waals surface area contributed by atoms with E-state index in [9.17, 15) is 19.1 Å². The largest absolute Gasteiger partial charge is 0.503 e. The number of esters is 1. The van der Waals surface area contributed by atoms with Crippen LogP contribution in [0.15, 0.2) is 85.1 Å². The van der Waals surface area contributed by atoms with Crippen LogP contribution in [0.1, 0.15) is 42.4 Å². The highest BCUT2D eigenvalue weighted by Gasteiger charge is 2.31. The Hall–Kier alpha value is -4.63. The van der Waals surface area contributed by atoms with Crippen LogP contribution in [0.25, 0.3) is 0 Å². The quantitative estimate of drug-likeness (QED) is 0.134. The lowest BCUT2D eigenvalue weighted by atomic mass is 10.0. The Morgan fingerprint density at radius 1 is 0.952 bits per heavy atom. The number of nitrogens with zero attached hydrogens (tertiary/aromatic N) is 1.